The van der Waals surface area contributed by atoms with Gasteiger partial charge in [-0.15, -0.1) is 0 Å². The Hall–Kier alpha value is -0.170. The van der Waals surface area contributed by atoms with Gasteiger partial charge in [0.1, 0.15) is 0 Å². The van der Waals surface area contributed by atoms with E-state index in [0.717, 1.165) is 38.9 Å². The Morgan fingerprint density at radius 2 is 2.05 bits per heavy atom. The number of nitrogens with zero attached hydrogens (tertiary/aromatic N) is 2. The van der Waals surface area contributed by atoms with Crippen molar-refractivity contribution in [3.05, 3.63) is 0 Å². The van der Waals surface area contributed by atoms with E-state index in [-0.39, 0.29) is 5.54 Å². The number of sulfonamides is 1. The summed E-state index contributed by atoms with van der Waals surface area (Å²) in [5.74, 6) is 0.469. The van der Waals surface area contributed by atoms with Crippen molar-refractivity contribution in [2.75, 3.05) is 39.0 Å². The molecule has 6 heteroatoms. The predicted octanol–water partition coefficient (Wildman–Crippen LogP) is 1.12. The molecule has 2 saturated heterocycles. The lowest BCUT2D eigenvalue weighted by Gasteiger charge is -2.46. The number of nitrogens with one attached hydrogen (secondary N) is 1. The third-order valence-electron chi connectivity index (χ3n) is 4.85. The van der Waals surface area contributed by atoms with Crippen LogP contribution in [0, 0.1) is 5.92 Å². The molecule has 0 radical (unpaired) electrons. The number of hydrogen-bond donors (Lipinski definition) is 1. The fourth-order valence-corrected chi connectivity index (χ4v) is 4.58. The number of hydrogen-bond acceptors (Lipinski definition) is 4. The summed E-state index contributed by atoms with van der Waals surface area (Å²) >= 11 is 0. The quantitative estimate of drug-likeness (QED) is 0.844. The van der Waals surface area contributed by atoms with Crippen LogP contribution in [0.1, 0.15) is 40.0 Å². The van der Waals surface area contributed by atoms with Gasteiger partial charge in [0.05, 0.1) is 6.26 Å². The SMILES string of the molecule is CCC1CNC(C)(C)CN1CC1CCCN(S(C)(=O)=O)C1. The molecule has 0 amide bonds. The topological polar surface area (TPSA) is 52.6 Å². The molecule has 124 valence electrons. The second kappa shape index (κ2) is 6.52. The van der Waals surface area contributed by atoms with E-state index in [1.807, 2.05) is 0 Å². The maximum atomic E-state index is 11.7. The molecule has 2 unspecified atom stereocenters. The molecule has 21 heavy (non-hydrogen) atoms. The number of piperidine rings is 1. The summed E-state index contributed by atoms with van der Waals surface area (Å²) in [6.07, 6.45) is 4.61. The van der Waals surface area contributed by atoms with E-state index in [1.54, 1.807) is 4.31 Å². The first-order chi connectivity index (χ1) is 9.71. The maximum absolute atomic E-state index is 11.7. The van der Waals surface area contributed by atoms with Crippen LogP contribution < -0.4 is 5.32 Å². The maximum Gasteiger partial charge on any atom is 0.211 e. The highest BCUT2D eigenvalue weighted by Crippen LogP contribution is 2.24. The van der Waals surface area contributed by atoms with E-state index in [2.05, 4.69) is 31.0 Å². The zero-order valence-corrected chi connectivity index (χ0v) is 14.7. The third kappa shape index (κ3) is 4.65. The predicted molar refractivity (Wildman–Crippen MR) is 86.9 cm³/mol. The molecule has 2 aliphatic rings. The highest BCUT2D eigenvalue weighted by atomic mass is 32.2. The van der Waals surface area contributed by atoms with Crippen molar-refractivity contribution in [1.29, 1.82) is 0 Å². The molecule has 2 heterocycles. The number of rotatable bonds is 4. The van der Waals surface area contributed by atoms with Crippen molar-refractivity contribution in [3.63, 3.8) is 0 Å². The zero-order valence-electron chi connectivity index (χ0n) is 13.9. The van der Waals surface area contributed by atoms with E-state index < -0.39 is 10.0 Å². The first kappa shape index (κ1) is 17.2. The average Bonchev–Trinajstić information content (AvgIpc) is 2.37. The molecule has 2 atom stereocenters. The second-order valence-electron chi connectivity index (χ2n) is 7.39. The van der Waals surface area contributed by atoms with Gasteiger partial charge in [-0.05, 0) is 39.0 Å². The van der Waals surface area contributed by atoms with Crippen LogP contribution in [0.15, 0.2) is 0 Å². The summed E-state index contributed by atoms with van der Waals surface area (Å²) in [5.41, 5.74) is 0.150. The highest BCUT2D eigenvalue weighted by Gasteiger charge is 2.34. The summed E-state index contributed by atoms with van der Waals surface area (Å²) in [6.45, 7) is 11.2. The van der Waals surface area contributed by atoms with Crippen LogP contribution in [0.2, 0.25) is 0 Å². The van der Waals surface area contributed by atoms with Gasteiger partial charge >= 0.3 is 0 Å². The van der Waals surface area contributed by atoms with E-state index >= 15 is 0 Å². The molecule has 0 aromatic rings. The van der Waals surface area contributed by atoms with Gasteiger partial charge in [0.2, 0.25) is 10.0 Å². The van der Waals surface area contributed by atoms with E-state index in [4.69, 9.17) is 0 Å². The second-order valence-corrected chi connectivity index (χ2v) is 9.37. The first-order valence-corrected chi connectivity index (χ1v) is 10.0. The molecule has 2 aliphatic heterocycles. The van der Waals surface area contributed by atoms with Crippen molar-refractivity contribution in [3.8, 4) is 0 Å². The summed E-state index contributed by atoms with van der Waals surface area (Å²) < 4.78 is 25.2. The minimum Gasteiger partial charge on any atom is -0.309 e. The molecule has 0 bridgehead atoms. The Balaban J connectivity index is 1.98. The van der Waals surface area contributed by atoms with Crippen molar-refractivity contribution in [2.24, 2.45) is 5.92 Å². The first-order valence-electron chi connectivity index (χ1n) is 8.15. The molecule has 0 aliphatic carbocycles. The van der Waals surface area contributed by atoms with Crippen molar-refractivity contribution in [1.82, 2.24) is 14.5 Å². The fourth-order valence-electron chi connectivity index (χ4n) is 3.64. The minimum atomic E-state index is -3.04. The lowest BCUT2D eigenvalue weighted by molar-refractivity contribution is 0.0661. The summed E-state index contributed by atoms with van der Waals surface area (Å²) in [7, 11) is -3.04. The molecule has 0 aromatic carbocycles. The average molecular weight is 317 g/mol. The zero-order chi connectivity index (χ0) is 15.7. The fraction of sp³-hybridized carbons (Fsp3) is 1.00. The summed E-state index contributed by atoms with van der Waals surface area (Å²) in [6, 6.07) is 0.576. The summed E-state index contributed by atoms with van der Waals surface area (Å²) in [4.78, 5) is 2.58. The molecule has 2 fully saturated rings. The van der Waals surface area contributed by atoms with Gasteiger partial charge in [0, 0.05) is 44.3 Å². The van der Waals surface area contributed by atoms with Crippen LogP contribution in [-0.2, 0) is 10.0 Å². The van der Waals surface area contributed by atoms with E-state index in [1.165, 1.54) is 6.26 Å². The highest BCUT2D eigenvalue weighted by molar-refractivity contribution is 7.88. The van der Waals surface area contributed by atoms with Crippen LogP contribution in [0.25, 0.3) is 0 Å². The van der Waals surface area contributed by atoms with Gasteiger partial charge in [-0.2, -0.15) is 0 Å². The standard InChI is InChI=1S/C15H31N3O2S/c1-5-14-9-16-15(2,3)12-17(14)10-13-7-6-8-18(11-13)21(4,19)20/h13-14,16H,5-12H2,1-4H3. The molecule has 0 spiro atoms. The molecule has 2 rings (SSSR count). The van der Waals surface area contributed by atoms with Gasteiger partial charge in [0.15, 0.2) is 0 Å². The van der Waals surface area contributed by atoms with Gasteiger partial charge in [-0.3, -0.25) is 4.90 Å². The Labute approximate surface area is 130 Å². The van der Waals surface area contributed by atoms with Crippen LogP contribution in [0.5, 0.6) is 0 Å². The smallest absolute Gasteiger partial charge is 0.211 e. The number of piperazine rings is 1. The molecule has 5 nitrogen and oxygen atoms in total. The lowest BCUT2D eigenvalue weighted by Crippen LogP contribution is -2.62. The van der Waals surface area contributed by atoms with Crippen LogP contribution in [-0.4, -0.2) is 68.2 Å². The van der Waals surface area contributed by atoms with E-state index in [9.17, 15) is 8.42 Å². The van der Waals surface area contributed by atoms with Gasteiger partial charge in [0.25, 0.3) is 0 Å². The van der Waals surface area contributed by atoms with Crippen LogP contribution in [0.4, 0.5) is 0 Å². The Morgan fingerprint density at radius 3 is 2.67 bits per heavy atom. The van der Waals surface area contributed by atoms with Gasteiger partial charge in [-0.1, -0.05) is 6.92 Å². The Bertz CT molecular complexity index is 450. The van der Waals surface area contributed by atoms with Crippen molar-refractivity contribution in [2.45, 2.75) is 51.6 Å². The molecule has 0 saturated carbocycles. The molecular weight excluding hydrogens is 286 g/mol. The largest absolute Gasteiger partial charge is 0.309 e. The minimum absolute atomic E-state index is 0.150. The van der Waals surface area contributed by atoms with Crippen LogP contribution in [0.3, 0.4) is 0 Å². The third-order valence-corrected chi connectivity index (χ3v) is 6.12. The van der Waals surface area contributed by atoms with Crippen molar-refractivity contribution < 1.29 is 8.42 Å². The van der Waals surface area contributed by atoms with Crippen molar-refractivity contribution >= 4 is 10.0 Å². The van der Waals surface area contributed by atoms with Gasteiger partial charge in [-0.25, -0.2) is 12.7 Å². The molecule has 0 aromatic heterocycles. The van der Waals surface area contributed by atoms with E-state index in [0.29, 0.717) is 25.0 Å². The van der Waals surface area contributed by atoms with Crippen LogP contribution >= 0.6 is 0 Å². The Morgan fingerprint density at radius 1 is 1.33 bits per heavy atom. The lowest BCUT2D eigenvalue weighted by atomic mass is 9.93. The molecular formula is C15H31N3O2S. The normalized spacial score (nSPS) is 32.2. The van der Waals surface area contributed by atoms with Gasteiger partial charge < -0.3 is 5.32 Å². The molecule has 1 N–H and O–H groups in total. The monoisotopic (exact) mass is 317 g/mol. The summed E-state index contributed by atoms with van der Waals surface area (Å²) in [5, 5.41) is 3.61. The Kier molecular flexibility index (Phi) is 5.34.